The van der Waals surface area contributed by atoms with Gasteiger partial charge in [0.15, 0.2) is 0 Å². The van der Waals surface area contributed by atoms with Gasteiger partial charge in [0.05, 0.1) is 11.0 Å². The maximum atomic E-state index is 12.9. The Bertz CT molecular complexity index is 1060. The molecule has 33 heavy (non-hydrogen) atoms. The maximum absolute atomic E-state index is 12.9. The number of nitrogens with zero attached hydrogens (tertiary/aromatic N) is 3. The monoisotopic (exact) mass is 509 g/mol. The minimum Gasteiger partial charge on any atom is -0.328 e. The van der Waals surface area contributed by atoms with Crippen LogP contribution in [-0.4, -0.2) is 22.0 Å². The van der Waals surface area contributed by atoms with Crippen molar-refractivity contribution in [3.63, 3.8) is 0 Å². The molecule has 2 heterocycles. The normalized spacial score (nSPS) is 16.2. The van der Waals surface area contributed by atoms with E-state index >= 15 is 0 Å². The molecule has 3 aromatic rings. The van der Waals surface area contributed by atoms with Crippen LogP contribution in [0.25, 0.3) is 11.0 Å². The van der Waals surface area contributed by atoms with Gasteiger partial charge in [0.25, 0.3) is 0 Å². The third-order valence-corrected chi connectivity index (χ3v) is 7.27. The van der Waals surface area contributed by atoms with Gasteiger partial charge in [0.2, 0.25) is 5.91 Å². The van der Waals surface area contributed by atoms with Gasteiger partial charge in [-0.3, -0.25) is 4.79 Å². The van der Waals surface area contributed by atoms with Gasteiger partial charge < -0.3 is 9.47 Å². The quantitative estimate of drug-likeness (QED) is 0.233. The molecule has 1 aliphatic heterocycles. The zero-order chi connectivity index (χ0) is 23.0. The molecule has 1 amide bonds. The number of anilines is 1. The van der Waals surface area contributed by atoms with Crippen molar-refractivity contribution >= 4 is 38.6 Å². The SMILES string of the molecule is CCCCCCCCCCCn1c(C2CC(=O)N(c3cccc(Br)c3)C2)nc2ccccc21. The van der Waals surface area contributed by atoms with Crippen LogP contribution in [0.4, 0.5) is 5.69 Å². The molecule has 5 heteroatoms. The Morgan fingerprint density at radius 1 is 0.939 bits per heavy atom. The number of benzene rings is 2. The molecule has 1 fully saturated rings. The third kappa shape index (κ3) is 6.06. The number of carbonyl (C=O) groups is 1. The fraction of sp³-hybridized carbons (Fsp3) is 0.500. The Labute approximate surface area is 206 Å². The second kappa shape index (κ2) is 11.8. The van der Waals surface area contributed by atoms with E-state index in [4.69, 9.17) is 4.98 Å². The van der Waals surface area contributed by atoms with Crippen LogP contribution in [0, 0.1) is 0 Å². The van der Waals surface area contributed by atoms with Crippen molar-refractivity contribution in [1.82, 2.24) is 9.55 Å². The van der Waals surface area contributed by atoms with Crippen LogP contribution in [0.1, 0.15) is 82.9 Å². The summed E-state index contributed by atoms with van der Waals surface area (Å²) in [4.78, 5) is 19.8. The fourth-order valence-electron chi connectivity index (χ4n) is 5.00. The van der Waals surface area contributed by atoms with Crippen LogP contribution in [0.3, 0.4) is 0 Å². The number of hydrogen-bond donors (Lipinski definition) is 0. The number of halogens is 1. The lowest BCUT2D eigenvalue weighted by molar-refractivity contribution is -0.117. The number of aromatic nitrogens is 2. The number of para-hydroxylation sites is 2. The number of hydrogen-bond acceptors (Lipinski definition) is 2. The Kier molecular flexibility index (Phi) is 8.60. The molecular weight excluding hydrogens is 474 g/mol. The number of fused-ring (bicyclic) bond motifs is 1. The second-order valence-electron chi connectivity index (χ2n) is 9.32. The van der Waals surface area contributed by atoms with Crippen LogP contribution >= 0.6 is 15.9 Å². The molecule has 4 rings (SSSR count). The topological polar surface area (TPSA) is 38.1 Å². The molecule has 176 valence electrons. The summed E-state index contributed by atoms with van der Waals surface area (Å²) in [5, 5.41) is 0. The minimum atomic E-state index is 0.127. The molecule has 0 N–H and O–H groups in total. The number of rotatable bonds is 12. The average Bonchev–Trinajstić information content (AvgIpc) is 3.38. The van der Waals surface area contributed by atoms with Gasteiger partial charge in [-0.05, 0) is 36.8 Å². The highest BCUT2D eigenvalue weighted by Crippen LogP contribution is 2.34. The lowest BCUT2D eigenvalue weighted by Crippen LogP contribution is -2.24. The first kappa shape index (κ1) is 24.0. The zero-order valence-corrected chi connectivity index (χ0v) is 21.4. The lowest BCUT2D eigenvalue weighted by atomic mass is 10.1. The van der Waals surface area contributed by atoms with E-state index in [9.17, 15) is 4.79 Å². The number of imidazole rings is 1. The molecule has 0 spiro atoms. The number of unbranched alkanes of at least 4 members (excludes halogenated alkanes) is 8. The van der Waals surface area contributed by atoms with Gasteiger partial charge in [-0.2, -0.15) is 0 Å². The summed E-state index contributed by atoms with van der Waals surface area (Å²) in [7, 11) is 0. The van der Waals surface area contributed by atoms with Crippen LogP contribution in [0.2, 0.25) is 0 Å². The van der Waals surface area contributed by atoms with E-state index in [2.05, 4.69) is 51.7 Å². The van der Waals surface area contributed by atoms with Crippen LogP contribution in [0.15, 0.2) is 53.0 Å². The van der Waals surface area contributed by atoms with E-state index in [0.29, 0.717) is 13.0 Å². The Morgan fingerprint density at radius 3 is 2.42 bits per heavy atom. The Balaban J connectivity index is 1.41. The molecule has 0 bridgehead atoms. The first-order valence-electron chi connectivity index (χ1n) is 12.7. The standard InChI is InChI=1S/C28H36BrN3O/c1-2-3-4-5-6-7-8-9-12-18-31-26-17-11-10-16-25(26)30-28(31)22-19-27(33)32(21-22)24-15-13-14-23(29)20-24/h10-11,13-17,20,22H,2-9,12,18-19,21H2,1H3. The third-order valence-electron chi connectivity index (χ3n) is 6.78. The summed E-state index contributed by atoms with van der Waals surface area (Å²) in [5.41, 5.74) is 3.19. The summed E-state index contributed by atoms with van der Waals surface area (Å²) in [5.74, 6) is 1.38. The smallest absolute Gasteiger partial charge is 0.227 e. The van der Waals surface area contributed by atoms with Crippen molar-refractivity contribution in [1.29, 1.82) is 0 Å². The van der Waals surface area contributed by atoms with Crippen molar-refractivity contribution in [3.05, 3.63) is 58.8 Å². The molecule has 1 unspecified atom stereocenters. The molecule has 0 aliphatic carbocycles. The highest BCUT2D eigenvalue weighted by molar-refractivity contribution is 9.10. The summed E-state index contributed by atoms with van der Waals surface area (Å²) < 4.78 is 3.38. The van der Waals surface area contributed by atoms with Gasteiger partial charge in [-0.1, -0.05) is 92.4 Å². The fourth-order valence-corrected chi connectivity index (χ4v) is 5.38. The van der Waals surface area contributed by atoms with Crippen LogP contribution in [0.5, 0.6) is 0 Å². The van der Waals surface area contributed by atoms with E-state index in [1.165, 1.54) is 63.3 Å². The summed E-state index contributed by atoms with van der Waals surface area (Å²) in [6.07, 6.45) is 12.4. The van der Waals surface area contributed by atoms with Crippen LogP contribution < -0.4 is 4.90 Å². The van der Waals surface area contributed by atoms with E-state index in [1.54, 1.807) is 0 Å². The minimum absolute atomic E-state index is 0.127. The first-order valence-corrected chi connectivity index (χ1v) is 13.5. The van der Waals surface area contributed by atoms with Gasteiger partial charge >= 0.3 is 0 Å². The largest absolute Gasteiger partial charge is 0.328 e. The van der Waals surface area contributed by atoms with Crippen LogP contribution in [-0.2, 0) is 11.3 Å². The maximum Gasteiger partial charge on any atom is 0.227 e. The number of carbonyl (C=O) groups excluding carboxylic acids is 1. The molecule has 0 saturated carbocycles. The molecule has 0 radical (unpaired) electrons. The molecule has 1 aromatic heterocycles. The molecule has 1 atom stereocenters. The van der Waals surface area contributed by atoms with Gasteiger partial charge in [-0.15, -0.1) is 0 Å². The zero-order valence-electron chi connectivity index (χ0n) is 19.8. The summed E-state index contributed by atoms with van der Waals surface area (Å²) >= 11 is 3.53. The van der Waals surface area contributed by atoms with E-state index in [0.717, 1.165) is 28.0 Å². The summed E-state index contributed by atoms with van der Waals surface area (Å²) in [6.45, 7) is 3.94. The highest BCUT2D eigenvalue weighted by atomic mass is 79.9. The highest BCUT2D eigenvalue weighted by Gasteiger charge is 2.34. The average molecular weight is 511 g/mol. The Hall–Kier alpha value is -2.14. The molecule has 1 saturated heterocycles. The van der Waals surface area contributed by atoms with Crippen molar-refractivity contribution in [2.45, 2.75) is 83.6 Å². The predicted molar refractivity (Wildman–Crippen MR) is 141 cm³/mol. The lowest BCUT2D eigenvalue weighted by Gasteiger charge is -2.18. The van der Waals surface area contributed by atoms with Gasteiger partial charge in [-0.25, -0.2) is 4.98 Å². The van der Waals surface area contributed by atoms with Gasteiger partial charge in [0.1, 0.15) is 5.82 Å². The molecule has 1 aliphatic rings. The molecule has 2 aromatic carbocycles. The van der Waals surface area contributed by atoms with Crippen molar-refractivity contribution in [2.75, 3.05) is 11.4 Å². The van der Waals surface area contributed by atoms with E-state index in [-0.39, 0.29) is 11.8 Å². The van der Waals surface area contributed by atoms with E-state index in [1.807, 2.05) is 29.2 Å². The number of aryl methyl sites for hydroxylation is 1. The van der Waals surface area contributed by atoms with Crippen molar-refractivity contribution in [3.8, 4) is 0 Å². The Morgan fingerprint density at radius 2 is 1.67 bits per heavy atom. The first-order chi connectivity index (χ1) is 16.2. The predicted octanol–water partition coefficient (Wildman–Crippen LogP) is 7.85. The molecule has 4 nitrogen and oxygen atoms in total. The summed E-state index contributed by atoms with van der Waals surface area (Å²) in [6, 6.07) is 16.4. The van der Waals surface area contributed by atoms with Crippen molar-refractivity contribution < 1.29 is 4.79 Å². The number of amides is 1. The van der Waals surface area contributed by atoms with Crippen molar-refractivity contribution in [2.24, 2.45) is 0 Å². The molecular formula is C28H36BrN3O. The van der Waals surface area contributed by atoms with E-state index < -0.39 is 0 Å². The second-order valence-corrected chi connectivity index (χ2v) is 10.2. The van der Waals surface area contributed by atoms with Gasteiger partial charge in [0, 0.05) is 35.6 Å².